The van der Waals surface area contributed by atoms with Gasteiger partial charge >= 0.3 is 8.80 Å². The molecule has 0 N–H and O–H groups in total. The summed E-state index contributed by atoms with van der Waals surface area (Å²) in [6, 6.07) is 65.9. The van der Waals surface area contributed by atoms with Crippen LogP contribution < -0.4 is 5.19 Å². The van der Waals surface area contributed by atoms with Crippen LogP contribution in [0.4, 0.5) is 0 Å². The predicted octanol–water partition coefficient (Wildman–Crippen LogP) is 8.38. The maximum absolute atomic E-state index is 2.42. The maximum Gasteiger partial charge on any atom is 0.395 e. The lowest BCUT2D eigenvalue weighted by molar-refractivity contribution is 0.915. The van der Waals surface area contributed by atoms with Crippen molar-refractivity contribution in [2.45, 2.75) is 10.1 Å². The number of fused-ring (bicyclic) bond motifs is 5. The third-order valence-corrected chi connectivity index (χ3v) is 13.1. The maximum atomic E-state index is 2.42. The lowest BCUT2D eigenvalue weighted by Crippen LogP contribution is -2.55. The van der Waals surface area contributed by atoms with E-state index in [9.17, 15) is 0 Å². The molecule has 2 aliphatic heterocycles. The molecule has 0 nitrogen and oxygen atoms in total. The van der Waals surface area contributed by atoms with E-state index in [4.69, 9.17) is 0 Å². The third kappa shape index (κ3) is 3.21. The van der Waals surface area contributed by atoms with Gasteiger partial charge in [0, 0.05) is 22.3 Å². The van der Waals surface area contributed by atoms with E-state index in [0.717, 1.165) is 0 Å². The van der Waals surface area contributed by atoms with Crippen LogP contribution in [0.25, 0.3) is 11.1 Å². The summed E-state index contributed by atoms with van der Waals surface area (Å²) in [5.41, 5.74) is 11.2. The minimum absolute atomic E-state index is 0.299. The summed E-state index contributed by atoms with van der Waals surface area (Å²) >= 11 is 0. The second-order valence-corrected chi connectivity index (χ2v) is 13.8. The highest BCUT2D eigenvalue weighted by Gasteiger charge is 2.82. The minimum Gasteiger partial charge on any atom is -0.0622 e. The van der Waals surface area contributed by atoms with Crippen LogP contribution in [-0.2, 0) is 10.1 Å². The Morgan fingerprint density at radius 1 is 0.317 bits per heavy atom. The molecule has 0 aliphatic carbocycles. The van der Waals surface area contributed by atoms with Crippen molar-refractivity contribution in [1.82, 2.24) is 0 Å². The molecule has 6 aromatic rings. The number of hydrogen-bond donors (Lipinski definition) is 0. The highest BCUT2D eigenvalue weighted by Crippen LogP contribution is 2.71. The van der Waals surface area contributed by atoms with E-state index >= 15 is 0 Å². The van der Waals surface area contributed by atoms with Gasteiger partial charge in [0.05, 0.1) is 0 Å². The smallest absolute Gasteiger partial charge is 0.0622 e. The summed E-state index contributed by atoms with van der Waals surface area (Å²) in [6.07, 6.45) is 0. The fourth-order valence-electron chi connectivity index (χ4n) is 7.82. The fourth-order valence-corrected chi connectivity index (χ4v) is 12.7. The Balaban J connectivity index is 1.67. The second kappa shape index (κ2) is 9.44. The van der Waals surface area contributed by atoms with Gasteiger partial charge in [-0.2, -0.15) is 0 Å². The largest absolute Gasteiger partial charge is 0.395 e. The lowest BCUT2D eigenvalue weighted by atomic mass is 9.65. The van der Waals surface area contributed by atoms with Crippen LogP contribution in [0.3, 0.4) is 0 Å². The van der Waals surface area contributed by atoms with Crippen LogP contribution in [0.15, 0.2) is 176 Å². The molecule has 0 radical (unpaired) electrons. The molecule has 0 aromatic heterocycles. The normalized spacial score (nSPS) is 20.7. The summed E-state index contributed by atoms with van der Waals surface area (Å²) in [4.78, 5) is 0. The standard InChI is InChI=1S/C40H29Si/c1-6-18-30(19-7-1)37-38(31-20-8-2-9-21-31)40(33-24-12-4-13-25-33)36-29-17-16-28-35(36)39(37,32-22-10-3-11-23-32)41(40)34-26-14-5-15-27-34/h1-29H/q+1/t39-,40+. The van der Waals surface area contributed by atoms with E-state index in [1.165, 1.54) is 49.7 Å². The molecule has 6 aromatic carbocycles. The van der Waals surface area contributed by atoms with E-state index in [1.54, 1.807) is 0 Å². The molecule has 0 unspecified atom stereocenters. The first-order valence-corrected chi connectivity index (χ1v) is 15.9. The van der Waals surface area contributed by atoms with E-state index in [-0.39, 0.29) is 10.1 Å². The summed E-state index contributed by atoms with van der Waals surface area (Å²) in [5.74, 6) is 0. The molecule has 41 heavy (non-hydrogen) atoms. The first-order chi connectivity index (χ1) is 20.4. The predicted molar refractivity (Wildman–Crippen MR) is 172 cm³/mol. The Kier molecular flexibility index (Phi) is 5.55. The fraction of sp³-hybridized carbons (Fsp3) is 0.0500. The second-order valence-electron chi connectivity index (χ2n) is 11.0. The molecular weight excluding hydrogens is 509 g/mol. The monoisotopic (exact) mass is 537 g/mol. The van der Waals surface area contributed by atoms with Crippen LogP contribution in [-0.4, -0.2) is 8.80 Å². The molecule has 0 spiro atoms. The summed E-state index contributed by atoms with van der Waals surface area (Å²) in [7, 11) is -1.48. The minimum atomic E-state index is -1.48. The average molecular weight is 538 g/mol. The Bertz CT molecular complexity index is 1740. The van der Waals surface area contributed by atoms with E-state index < -0.39 is 8.80 Å². The third-order valence-electron chi connectivity index (χ3n) is 9.09. The Hall–Kier alpha value is -4.72. The Morgan fingerprint density at radius 2 is 0.634 bits per heavy atom. The highest BCUT2D eigenvalue weighted by atomic mass is 28.3. The molecule has 0 saturated heterocycles. The molecule has 0 saturated carbocycles. The van der Waals surface area contributed by atoms with Gasteiger partial charge in [0.15, 0.2) is 10.1 Å². The molecule has 2 bridgehead atoms. The van der Waals surface area contributed by atoms with Crippen molar-refractivity contribution in [3.63, 3.8) is 0 Å². The molecule has 0 fully saturated rings. The number of hydrogen-bond acceptors (Lipinski definition) is 0. The van der Waals surface area contributed by atoms with Gasteiger partial charge in [0.25, 0.3) is 0 Å². The van der Waals surface area contributed by atoms with Crippen LogP contribution >= 0.6 is 0 Å². The van der Waals surface area contributed by atoms with Gasteiger partial charge < -0.3 is 0 Å². The Morgan fingerprint density at radius 3 is 1.02 bits per heavy atom. The lowest BCUT2D eigenvalue weighted by Gasteiger charge is -2.32. The molecule has 8 rings (SSSR count). The first-order valence-electron chi connectivity index (χ1n) is 14.4. The van der Waals surface area contributed by atoms with Crippen molar-refractivity contribution < 1.29 is 0 Å². The quantitative estimate of drug-likeness (QED) is 0.194. The van der Waals surface area contributed by atoms with Crippen LogP contribution in [0.1, 0.15) is 33.4 Å². The number of rotatable bonds is 5. The van der Waals surface area contributed by atoms with Crippen LogP contribution in [0.5, 0.6) is 0 Å². The SMILES string of the molecule is c1ccc(C2=C(c3ccccc3)[C@@]3(c4ccccc4)c4ccccc4[C@]2(c2ccccc2)[Si+]3c2ccccc2)cc1. The summed E-state index contributed by atoms with van der Waals surface area (Å²) in [5, 5.41) is 0.860. The van der Waals surface area contributed by atoms with Crippen molar-refractivity contribution in [3.05, 3.63) is 209 Å². The van der Waals surface area contributed by atoms with Gasteiger partial charge in [0.2, 0.25) is 0 Å². The molecule has 2 atom stereocenters. The van der Waals surface area contributed by atoms with Crippen molar-refractivity contribution in [2.24, 2.45) is 0 Å². The number of allylic oxidation sites excluding steroid dienone is 2. The topological polar surface area (TPSA) is 0 Å². The van der Waals surface area contributed by atoms with Crippen molar-refractivity contribution in [1.29, 1.82) is 0 Å². The van der Waals surface area contributed by atoms with Gasteiger partial charge in [-0.3, -0.25) is 0 Å². The van der Waals surface area contributed by atoms with Gasteiger partial charge in [-0.05, 0) is 34.4 Å². The van der Waals surface area contributed by atoms with Gasteiger partial charge in [0.1, 0.15) is 5.19 Å². The van der Waals surface area contributed by atoms with E-state index in [2.05, 4.69) is 176 Å². The van der Waals surface area contributed by atoms with E-state index in [0.29, 0.717) is 0 Å². The van der Waals surface area contributed by atoms with Gasteiger partial charge in [-0.25, -0.2) is 0 Å². The van der Waals surface area contributed by atoms with Crippen LogP contribution in [0, 0.1) is 0 Å². The first kappa shape index (κ1) is 24.1. The van der Waals surface area contributed by atoms with Gasteiger partial charge in [-0.1, -0.05) is 164 Å². The molecule has 2 heterocycles. The molecule has 192 valence electrons. The molecule has 2 aliphatic rings. The highest BCUT2D eigenvalue weighted by molar-refractivity contribution is 6.87. The zero-order chi connectivity index (χ0) is 27.3. The molecular formula is C40H29Si+. The van der Waals surface area contributed by atoms with Gasteiger partial charge in [-0.15, -0.1) is 0 Å². The average Bonchev–Trinajstić information content (AvgIpc) is 3.51. The Labute approximate surface area is 243 Å². The molecule has 1 heteroatoms. The van der Waals surface area contributed by atoms with Crippen molar-refractivity contribution in [2.75, 3.05) is 0 Å². The number of benzene rings is 6. The summed E-state index contributed by atoms with van der Waals surface area (Å²) < 4.78 is 0. The van der Waals surface area contributed by atoms with E-state index in [1.807, 2.05) is 0 Å². The summed E-state index contributed by atoms with van der Waals surface area (Å²) in [6.45, 7) is 0. The van der Waals surface area contributed by atoms with Crippen molar-refractivity contribution in [3.8, 4) is 0 Å². The zero-order valence-electron chi connectivity index (χ0n) is 22.7. The van der Waals surface area contributed by atoms with Crippen LogP contribution in [0.2, 0.25) is 0 Å². The van der Waals surface area contributed by atoms with Crippen molar-refractivity contribution >= 4 is 25.1 Å². The zero-order valence-corrected chi connectivity index (χ0v) is 23.7. The molecule has 0 amide bonds.